The molecule has 1 aliphatic heterocycles. The molecular weight excluding hydrogens is 360 g/mol. The standard InChI is InChI=1S/C26H40O3/c1-17(29-24-6-4-5-15-28-24)21-9-10-22-20-8-7-18-16-19(27)11-13-25(18,2)23(20)12-14-26(21,22)3/h16-17,20-24H,4-15H2,1-3H3/t17-,20-,21+,22-,23-,24+,25-,26+/m0/s1. The number of ether oxygens (including phenoxy) is 2. The van der Waals surface area contributed by atoms with Gasteiger partial charge in [0.1, 0.15) is 0 Å². The predicted octanol–water partition coefficient (Wildman–Crippen LogP) is 6.07. The summed E-state index contributed by atoms with van der Waals surface area (Å²) in [6.45, 7) is 8.26. The van der Waals surface area contributed by atoms with E-state index in [4.69, 9.17) is 9.47 Å². The minimum atomic E-state index is 0.0267. The first-order chi connectivity index (χ1) is 13.9. The number of rotatable bonds is 3. The maximum absolute atomic E-state index is 12.0. The maximum atomic E-state index is 12.0. The predicted molar refractivity (Wildman–Crippen MR) is 114 cm³/mol. The molecule has 5 rings (SSSR count). The Labute approximate surface area is 177 Å². The molecule has 29 heavy (non-hydrogen) atoms. The molecule has 0 amide bonds. The summed E-state index contributed by atoms with van der Waals surface area (Å²) in [6, 6.07) is 0. The molecule has 0 spiro atoms. The smallest absolute Gasteiger partial charge is 0.157 e. The van der Waals surface area contributed by atoms with Gasteiger partial charge in [-0.2, -0.15) is 0 Å². The van der Waals surface area contributed by atoms with Gasteiger partial charge in [0.25, 0.3) is 0 Å². The van der Waals surface area contributed by atoms with E-state index in [2.05, 4.69) is 20.8 Å². The van der Waals surface area contributed by atoms with Crippen LogP contribution in [-0.2, 0) is 14.3 Å². The molecule has 162 valence electrons. The van der Waals surface area contributed by atoms with Crippen LogP contribution in [0.15, 0.2) is 11.6 Å². The third kappa shape index (κ3) is 3.26. The molecule has 8 atom stereocenters. The van der Waals surface area contributed by atoms with Crippen molar-refractivity contribution in [1.82, 2.24) is 0 Å². The maximum Gasteiger partial charge on any atom is 0.157 e. The molecule has 0 bridgehead atoms. The molecule has 1 saturated heterocycles. The molecule has 0 aromatic heterocycles. The van der Waals surface area contributed by atoms with E-state index in [-0.39, 0.29) is 11.7 Å². The zero-order chi connectivity index (χ0) is 20.2. The second kappa shape index (κ2) is 7.48. The summed E-state index contributed by atoms with van der Waals surface area (Å²) in [7, 11) is 0. The summed E-state index contributed by atoms with van der Waals surface area (Å²) in [5.74, 6) is 3.49. The average Bonchev–Trinajstić information content (AvgIpc) is 3.06. The molecular formula is C26H40O3. The van der Waals surface area contributed by atoms with E-state index < -0.39 is 0 Å². The summed E-state index contributed by atoms with van der Waals surface area (Å²) in [5, 5.41) is 0. The normalized spacial score (nSPS) is 48.3. The molecule has 1 heterocycles. The van der Waals surface area contributed by atoms with Crippen LogP contribution >= 0.6 is 0 Å². The molecule has 5 aliphatic rings. The van der Waals surface area contributed by atoms with Crippen molar-refractivity contribution >= 4 is 5.78 Å². The Balaban J connectivity index is 1.33. The lowest BCUT2D eigenvalue weighted by Crippen LogP contribution is -2.51. The van der Waals surface area contributed by atoms with Gasteiger partial charge in [-0.15, -0.1) is 0 Å². The van der Waals surface area contributed by atoms with Crippen LogP contribution in [0.25, 0.3) is 0 Å². The van der Waals surface area contributed by atoms with Gasteiger partial charge in [0.05, 0.1) is 6.10 Å². The van der Waals surface area contributed by atoms with Crippen molar-refractivity contribution < 1.29 is 14.3 Å². The lowest BCUT2D eigenvalue weighted by molar-refractivity contribution is -0.205. The van der Waals surface area contributed by atoms with Gasteiger partial charge in [-0.05, 0) is 112 Å². The molecule has 0 N–H and O–H groups in total. The molecule has 0 unspecified atom stereocenters. The molecule has 3 heteroatoms. The van der Waals surface area contributed by atoms with Crippen LogP contribution in [0.1, 0.15) is 91.4 Å². The number of ketones is 1. The minimum absolute atomic E-state index is 0.0267. The van der Waals surface area contributed by atoms with Crippen LogP contribution in [0.5, 0.6) is 0 Å². The molecule has 4 aliphatic carbocycles. The highest BCUT2D eigenvalue weighted by Gasteiger charge is 2.59. The summed E-state index contributed by atoms with van der Waals surface area (Å²) in [5.41, 5.74) is 2.19. The number of fused-ring (bicyclic) bond motifs is 5. The Morgan fingerprint density at radius 1 is 1.03 bits per heavy atom. The topological polar surface area (TPSA) is 35.5 Å². The van der Waals surface area contributed by atoms with Crippen LogP contribution < -0.4 is 0 Å². The van der Waals surface area contributed by atoms with Crippen molar-refractivity contribution in [1.29, 1.82) is 0 Å². The minimum Gasteiger partial charge on any atom is -0.353 e. The number of hydrogen-bond donors (Lipinski definition) is 0. The molecule has 3 nitrogen and oxygen atoms in total. The van der Waals surface area contributed by atoms with Gasteiger partial charge in [-0.25, -0.2) is 0 Å². The number of hydrogen-bond acceptors (Lipinski definition) is 3. The fourth-order valence-electron chi connectivity index (χ4n) is 8.52. The summed E-state index contributed by atoms with van der Waals surface area (Å²) in [6.07, 6.45) is 15.5. The van der Waals surface area contributed by atoms with Gasteiger partial charge in [-0.3, -0.25) is 4.79 Å². The third-order valence-corrected chi connectivity index (χ3v) is 10.1. The summed E-state index contributed by atoms with van der Waals surface area (Å²) < 4.78 is 12.4. The second-order valence-electron chi connectivity index (χ2n) is 11.3. The van der Waals surface area contributed by atoms with Gasteiger partial charge in [-0.1, -0.05) is 19.4 Å². The van der Waals surface area contributed by atoms with E-state index in [9.17, 15) is 4.79 Å². The highest BCUT2D eigenvalue weighted by molar-refractivity contribution is 5.91. The molecule has 3 saturated carbocycles. The van der Waals surface area contributed by atoms with Crippen molar-refractivity contribution in [2.24, 2.45) is 34.5 Å². The first-order valence-corrected chi connectivity index (χ1v) is 12.4. The van der Waals surface area contributed by atoms with Crippen molar-refractivity contribution in [3.05, 3.63) is 11.6 Å². The number of carbonyl (C=O) groups is 1. The largest absolute Gasteiger partial charge is 0.353 e. The van der Waals surface area contributed by atoms with Crippen molar-refractivity contribution in [3.63, 3.8) is 0 Å². The average molecular weight is 401 g/mol. The first-order valence-electron chi connectivity index (χ1n) is 12.4. The fraction of sp³-hybridized carbons (Fsp3) is 0.885. The van der Waals surface area contributed by atoms with Crippen molar-refractivity contribution in [3.8, 4) is 0 Å². The molecule has 4 fully saturated rings. The van der Waals surface area contributed by atoms with Crippen LogP contribution in [0.2, 0.25) is 0 Å². The van der Waals surface area contributed by atoms with Crippen LogP contribution in [0, 0.1) is 34.5 Å². The number of allylic oxidation sites excluding steroid dienone is 1. The Bertz CT molecular complexity index is 677. The SMILES string of the molecule is C[C@H](O[C@@H]1CCCCO1)[C@H]1CC[C@H]2[C@@H]3CCC4=CC(=O)CC[C@]4(C)[C@H]3CC[C@]12C. The molecule has 0 aromatic rings. The monoisotopic (exact) mass is 400 g/mol. The van der Waals surface area contributed by atoms with Gasteiger partial charge < -0.3 is 9.47 Å². The van der Waals surface area contributed by atoms with E-state index in [0.717, 1.165) is 50.0 Å². The lowest BCUT2D eigenvalue weighted by atomic mass is 9.46. The Morgan fingerprint density at radius 2 is 1.90 bits per heavy atom. The molecule has 0 radical (unpaired) electrons. The van der Waals surface area contributed by atoms with Gasteiger partial charge in [0.15, 0.2) is 12.1 Å². The van der Waals surface area contributed by atoms with Gasteiger partial charge in [0.2, 0.25) is 0 Å². The van der Waals surface area contributed by atoms with E-state index in [1.807, 2.05) is 6.08 Å². The highest BCUT2D eigenvalue weighted by Crippen LogP contribution is 2.67. The highest BCUT2D eigenvalue weighted by atomic mass is 16.7. The van der Waals surface area contributed by atoms with Crippen molar-refractivity contribution in [2.45, 2.75) is 104 Å². The van der Waals surface area contributed by atoms with E-state index in [1.165, 1.54) is 50.5 Å². The van der Waals surface area contributed by atoms with E-state index >= 15 is 0 Å². The number of carbonyl (C=O) groups excluding carboxylic acids is 1. The Hall–Kier alpha value is -0.670. The Morgan fingerprint density at radius 3 is 2.69 bits per heavy atom. The van der Waals surface area contributed by atoms with Crippen LogP contribution in [0.4, 0.5) is 0 Å². The summed E-state index contributed by atoms with van der Waals surface area (Å²) >= 11 is 0. The quantitative estimate of drug-likeness (QED) is 0.577. The van der Waals surface area contributed by atoms with Gasteiger partial charge >= 0.3 is 0 Å². The second-order valence-corrected chi connectivity index (χ2v) is 11.3. The van der Waals surface area contributed by atoms with Crippen molar-refractivity contribution in [2.75, 3.05) is 6.61 Å². The van der Waals surface area contributed by atoms with Gasteiger partial charge in [0, 0.05) is 13.0 Å². The third-order valence-electron chi connectivity index (χ3n) is 10.1. The van der Waals surface area contributed by atoms with Crippen LogP contribution in [0.3, 0.4) is 0 Å². The fourth-order valence-corrected chi connectivity index (χ4v) is 8.52. The summed E-state index contributed by atoms with van der Waals surface area (Å²) in [4.78, 5) is 12.0. The zero-order valence-corrected chi connectivity index (χ0v) is 18.8. The first kappa shape index (κ1) is 20.2. The van der Waals surface area contributed by atoms with E-state index in [1.54, 1.807) is 0 Å². The zero-order valence-electron chi connectivity index (χ0n) is 18.8. The molecule has 0 aromatic carbocycles. The Kier molecular flexibility index (Phi) is 5.22. The van der Waals surface area contributed by atoms with Crippen LogP contribution in [-0.4, -0.2) is 24.8 Å². The van der Waals surface area contributed by atoms with E-state index in [0.29, 0.717) is 23.2 Å². The lowest BCUT2D eigenvalue weighted by Gasteiger charge is -2.58.